The average molecular weight is 227 g/mol. The molecule has 3 heteroatoms. The van der Waals surface area contributed by atoms with Crippen LogP contribution in [0.2, 0.25) is 0 Å². The minimum Gasteiger partial charge on any atom is -0.384 e. The zero-order chi connectivity index (χ0) is 11.8. The van der Waals surface area contributed by atoms with Gasteiger partial charge in [-0.2, -0.15) is 5.10 Å². The molecule has 0 saturated carbocycles. The molecule has 1 aromatic heterocycles. The second kappa shape index (κ2) is 3.91. The second-order valence-corrected chi connectivity index (χ2v) is 4.76. The third kappa shape index (κ3) is 1.62. The Bertz CT molecular complexity index is 542. The van der Waals surface area contributed by atoms with Gasteiger partial charge >= 0.3 is 0 Å². The van der Waals surface area contributed by atoms with Gasteiger partial charge in [0, 0.05) is 5.56 Å². The van der Waals surface area contributed by atoms with Crippen LogP contribution < -0.4 is 5.73 Å². The number of anilines is 1. The maximum absolute atomic E-state index is 6.09. The van der Waals surface area contributed by atoms with E-state index in [-0.39, 0.29) is 0 Å². The highest BCUT2D eigenvalue weighted by Gasteiger charge is 2.23. The molecule has 1 atom stereocenters. The molecule has 0 radical (unpaired) electrons. The van der Waals surface area contributed by atoms with E-state index in [0.29, 0.717) is 6.04 Å². The topological polar surface area (TPSA) is 43.8 Å². The first-order valence-corrected chi connectivity index (χ1v) is 6.15. The molecular formula is C14H17N3. The van der Waals surface area contributed by atoms with Crippen molar-refractivity contribution in [3.63, 3.8) is 0 Å². The largest absolute Gasteiger partial charge is 0.384 e. The lowest BCUT2D eigenvalue weighted by atomic mass is 9.88. The van der Waals surface area contributed by atoms with E-state index in [2.05, 4.69) is 29.4 Å². The molecule has 0 aliphatic heterocycles. The van der Waals surface area contributed by atoms with Crippen molar-refractivity contribution in [2.24, 2.45) is 0 Å². The first-order valence-electron chi connectivity index (χ1n) is 6.15. The molecule has 0 spiro atoms. The Morgan fingerprint density at radius 3 is 2.94 bits per heavy atom. The Morgan fingerprint density at radius 2 is 2.18 bits per heavy atom. The smallest absolute Gasteiger partial charge is 0.125 e. The Labute approximate surface area is 101 Å². The summed E-state index contributed by atoms with van der Waals surface area (Å²) in [6.07, 6.45) is 5.36. The first-order chi connectivity index (χ1) is 8.27. The molecule has 0 fully saturated rings. The number of benzene rings is 1. The summed E-state index contributed by atoms with van der Waals surface area (Å²) in [6.45, 7) is 2.01. The maximum atomic E-state index is 6.09. The standard InChI is InChI=1S/C14H17N3/c1-10-9-16-17(14(10)15)13-8-4-6-11-5-2-3-7-12(11)13/h2-3,5,7,9,13H,4,6,8,15H2,1H3/t13-/m0/s1. The number of hydrogen-bond donors (Lipinski definition) is 1. The number of aromatic nitrogens is 2. The van der Waals surface area contributed by atoms with Gasteiger partial charge in [-0.25, -0.2) is 4.68 Å². The van der Waals surface area contributed by atoms with E-state index < -0.39 is 0 Å². The molecule has 0 unspecified atom stereocenters. The fraction of sp³-hybridized carbons (Fsp3) is 0.357. The van der Waals surface area contributed by atoms with Crippen LogP contribution in [0.4, 0.5) is 5.82 Å². The molecule has 2 aromatic rings. The van der Waals surface area contributed by atoms with Crippen LogP contribution in [0.1, 0.15) is 35.6 Å². The Kier molecular flexibility index (Phi) is 2.39. The van der Waals surface area contributed by atoms with E-state index in [1.54, 1.807) is 0 Å². The number of nitrogens with zero attached hydrogens (tertiary/aromatic N) is 2. The van der Waals surface area contributed by atoms with Crippen molar-refractivity contribution in [1.82, 2.24) is 9.78 Å². The highest BCUT2D eigenvalue weighted by atomic mass is 15.3. The van der Waals surface area contributed by atoms with E-state index in [0.717, 1.165) is 17.8 Å². The molecule has 1 aliphatic carbocycles. The van der Waals surface area contributed by atoms with Crippen LogP contribution in [-0.4, -0.2) is 9.78 Å². The third-order valence-electron chi connectivity index (χ3n) is 3.66. The van der Waals surface area contributed by atoms with Crippen LogP contribution in [0.25, 0.3) is 0 Å². The lowest BCUT2D eigenvalue weighted by Crippen LogP contribution is -2.19. The van der Waals surface area contributed by atoms with E-state index in [9.17, 15) is 0 Å². The lowest BCUT2D eigenvalue weighted by molar-refractivity contribution is 0.456. The van der Waals surface area contributed by atoms with Crippen molar-refractivity contribution in [3.8, 4) is 0 Å². The molecule has 17 heavy (non-hydrogen) atoms. The highest BCUT2D eigenvalue weighted by Crippen LogP contribution is 2.34. The number of nitrogens with two attached hydrogens (primary N) is 1. The summed E-state index contributed by atoms with van der Waals surface area (Å²) in [5.41, 5.74) is 9.98. The predicted molar refractivity (Wildman–Crippen MR) is 68.9 cm³/mol. The minimum absolute atomic E-state index is 0.314. The quantitative estimate of drug-likeness (QED) is 0.814. The first kappa shape index (κ1) is 10.4. The van der Waals surface area contributed by atoms with Crippen LogP contribution >= 0.6 is 0 Å². The molecule has 3 nitrogen and oxygen atoms in total. The Balaban J connectivity index is 2.09. The van der Waals surface area contributed by atoms with Crippen LogP contribution in [-0.2, 0) is 6.42 Å². The van der Waals surface area contributed by atoms with Crippen LogP contribution in [0.3, 0.4) is 0 Å². The van der Waals surface area contributed by atoms with E-state index in [1.807, 2.05) is 17.8 Å². The monoisotopic (exact) mass is 227 g/mol. The number of fused-ring (bicyclic) bond motifs is 1. The summed E-state index contributed by atoms with van der Waals surface area (Å²) in [7, 11) is 0. The normalized spacial score (nSPS) is 19.0. The van der Waals surface area contributed by atoms with E-state index in [1.165, 1.54) is 24.0 Å². The van der Waals surface area contributed by atoms with Crippen molar-refractivity contribution in [3.05, 3.63) is 47.2 Å². The van der Waals surface area contributed by atoms with Crippen molar-refractivity contribution in [2.45, 2.75) is 32.2 Å². The summed E-state index contributed by atoms with van der Waals surface area (Å²) in [6, 6.07) is 8.94. The van der Waals surface area contributed by atoms with Crippen molar-refractivity contribution in [2.75, 3.05) is 5.73 Å². The number of hydrogen-bond acceptors (Lipinski definition) is 2. The SMILES string of the molecule is Cc1cnn([C@H]2CCCc3ccccc32)c1N. The van der Waals surface area contributed by atoms with Gasteiger partial charge in [0.2, 0.25) is 0 Å². The van der Waals surface area contributed by atoms with Gasteiger partial charge in [0.05, 0.1) is 12.2 Å². The predicted octanol–water partition coefficient (Wildman–Crippen LogP) is 2.70. The molecule has 2 N–H and O–H groups in total. The molecule has 3 rings (SSSR count). The van der Waals surface area contributed by atoms with Crippen LogP contribution in [0.5, 0.6) is 0 Å². The fourth-order valence-corrected chi connectivity index (χ4v) is 2.69. The van der Waals surface area contributed by atoms with Crippen molar-refractivity contribution < 1.29 is 0 Å². The van der Waals surface area contributed by atoms with Gasteiger partial charge in [0.25, 0.3) is 0 Å². The van der Waals surface area contributed by atoms with Gasteiger partial charge in [0.1, 0.15) is 5.82 Å². The molecule has 0 bridgehead atoms. The lowest BCUT2D eigenvalue weighted by Gasteiger charge is -2.26. The second-order valence-electron chi connectivity index (χ2n) is 4.76. The summed E-state index contributed by atoms with van der Waals surface area (Å²) >= 11 is 0. The molecule has 1 aromatic carbocycles. The van der Waals surface area contributed by atoms with Gasteiger partial charge in [-0.05, 0) is 37.3 Å². The van der Waals surface area contributed by atoms with Gasteiger partial charge in [-0.15, -0.1) is 0 Å². The van der Waals surface area contributed by atoms with Crippen molar-refractivity contribution in [1.29, 1.82) is 0 Å². The zero-order valence-corrected chi connectivity index (χ0v) is 10.1. The molecule has 1 aliphatic rings. The van der Waals surface area contributed by atoms with E-state index in [4.69, 9.17) is 5.73 Å². The maximum Gasteiger partial charge on any atom is 0.125 e. The highest BCUT2D eigenvalue weighted by molar-refractivity contribution is 5.41. The summed E-state index contributed by atoms with van der Waals surface area (Å²) in [5.74, 6) is 0.798. The molecular weight excluding hydrogens is 210 g/mol. The summed E-state index contributed by atoms with van der Waals surface area (Å²) in [4.78, 5) is 0. The van der Waals surface area contributed by atoms with Crippen LogP contribution in [0, 0.1) is 6.92 Å². The summed E-state index contributed by atoms with van der Waals surface area (Å²) in [5, 5.41) is 4.43. The third-order valence-corrected chi connectivity index (χ3v) is 3.66. The number of rotatable bonds is 1. The Morgan fingerprint density at radius 1 is 1.35 bits per heavy atom. The number of nitrogen functional groups attached to an aromatic ring is 1. The van der Waals surface area contributed by atoms with E-state index >= 15 is 0 Å². The fourth-order valence-electron chi connectivity index (χ4n) is 2.69. The summed E-state index contributed by atoms with van der Waals surface area (Å²) < 4.78 is 1.98. The minimum atomic E-state index is 0.314. The van der Waals surface area contributed by atoms with Crippen LogP contribution in [0.15, 0.2) is 30.5 Å². The van der Waals surface area contributed by atoms with Gasteiger partial charge < -0.3 is 5.73 Å². The van der Waals surface area contributed by atoms with Crippen molar-refractivity contribution >= 4 is 5.82 Å². The molecule has 0 saturated heterocycles. The van der Waals surface area contributed by atoms with Gasteiger partial charge in [-0.1, -0.05) is 24.3 Å². The number of aryl methyl sites for hydroxylation is 2. The molecule has 1 heterocycles. The van der Waals surface area contributed by atoms with Gasteiger partial charge in [0.15, 0.2) is 0 Å². The van der Waals surface area contributed by atoms with Gasteiger partial charge in [-0.3, -0.25) is 0 Å². The molecule has 88 valence electrons. The molecule has 0 amide bonds. The zero-order valence-electron chi connectivity index (χ0n) is 10.1. The average Bonchev–Trinajstić information content (AvgIpc) is 2.69. The Hall–Kier alpha value is -1.77.